The van der Waals surface area contributed by atoms with Crippen LogP contribution >= 0.6 is 0 Å². The number of hydrogen-bond acceptors (Lipinski definition) is 12. The number of hydrogen-bond donors (Lipinski definition) is 5. The maximum atomic E-state index is 13.8. The fourth-order valence-corrected chi connectivity index (χ4v) is 7.37. The van der Waals surface area contributed by atoms with Crippen LogP contribution in [-0.2, 0) is 28.5 Å². The molecule has 1 aliphatic rings. The van der Waals surface area contributed by atoms with Gasteiger partial charge in [-0.15, -0.1) is 0 Å². The predicted octanol–water partition coefficient (Wildman–Crippen LogP) is 5.97. The van der Waals surface area contributed by atoms with Crippen LogP contribution in [0.1, 0.15) is 76.5 Å². The molecule has 0 bridgehead atoms. The molecule has 18 heteroatoms. The van der Waals surface area contributed by atoms with Crippen molar-refractivity contribution >= 4 is 24.0 Å². The van der Waals surface area contributed by atoms with Crippen molar-refractivity contribution in [2.24, 2.45) is 5.92 Å². The maximum absolute atomic E-state index is 13.8. The van der Waals surface area contributed by atoms with Crippen LogP contribution in [0.3, 0.4) is 0 Å². The highest BCUT2D eigenvalue weighted by Gasteiger charge is 2.37. The van der Waals surface area contributed by atoms with Crippen LogP contribution in [0.2, 0.25) is 0 Å². The number of ether oxygens (including phenoxy) is 6. The van der Waals surface area contributed by atoms with Gasteiger partial charge < -0.3 is 59.2 Å². The predicted molar refractivity (Wildman–Crippen MR) is 235 cm³/mol. The quantitative estimate of drug-likeness (QED) is 0.0544. The second kappa shape index (κ2) is 23.9. The van der Waals surface area contributed by atoms with Gasteiger partial charge in [-0.3, -0.25) is 9.59 Å². The standard InChI is InChI=1S/C45H62N8O10/c1-28(2)38(52-45(57)61-7)43(55)53-20-10-12-36(53)42-48-26-35(51-42)33-18-17-32(39(62-23-21-58-4)40(33)63-24-22-59-5)30-13-15-31(16-14-30)34-25-47-41(50-34)29(3)11-8-9-19-46-37(54)27-49-44(56)60-6/h13-18,25-26,28-29,36,38H,8-12,19-24,27H2,1-7H3,(H,46,54)(H,47,50)(H,48,51)(H,49,56)(H,52,57). The minimum atomic E-state index is -0.746. The number of carbonyl (C=O) groups excluding carboxylic acids is 4. The summed E-state index contributed by atoms with van der Waals surface area (Å²) >= 11 is 0. The van der Waals surface area contributed by atoms with E-state index in [0.29, 0.717) is 55.7 Å². The number of H-pyrrole nitrogens is 2. The third-order valence-corrected chi connectivity index (χ3v) is 10.8. The Morgan fingerprint density at radius 2 is 1.41 bits per heavy atom. The number of likely N-dealkylation sites (tertiary alicyclic amines) is 1. The summed E-state index contributed by atoms with van der Waals surface area (Å²) < 4.78 is 32.9. The minimum Gasteiger partial charge on any atom is -0.487 e. The van der Waals surface area contributed by atoms with Crippen LogP contribution in [0.25, 0.3) is 33.6 Å². The first-order valence-electron chi connectivity index (χ1n) is 21.3. The highest BCUT2D eigenvalue weighted by Crippen LogP contribution is 2.45. The fourth-order valence-electron chi connectivity index (χ4n) is 7.37. The summed E-state index contributed by atoms with van der Waals surface area (Å²) in [5, 5.41) is 7.86. The van der Waals surface area contributed by atoms with Crippen molar-refractivity contribution in [3.8, 4) is 45.1 Å². The Bertz CT molecular complexity index is 2100. The lowest BCUT2D eigenvalue weighted by Crippen LogP contribution is -2.51. The van der Waals surface area contributed by atoms with E-state index in [1.54, 1.807) is 25.3 Å². The highest BCUT2D eigenvalue weighted by molar-refractivity contribution is 5.87. The van der Waals surface area contributed by atoms with Crippen molar-refractivity contribution in [2.75, 3.05) is 74.5 Å². The summed E-state index contributed by atoms with van der Waals surface area (Å²) in [5.41, 5.74) is 4.98. The summed E-state index contributed by atoms with van der Waals surface area (Å²) in [4.78, 5) is 67.1. The smallest absolute Gasteiger partial charge is 0.407 e. The summed E-state index contributed by atoms with van der Waals surface area (Å²) in [5.74, 6) is 2.12. The Morgan fingerprint density at radius 1 is 0.762 bits per heavy atom. The van der Waals surface area contributed by atoms with Crippen molar-refractivity contribution in [2.45, 2.75) is 70.9 Å². The van der Waals surface area contributed by atoms with Crippen LogP contribution in [-0.4, -0.2) is 129 Å². The van der Waals surface area contributed by atoms with E-state index >= 15 is 0 Å². The van der Waals surface area contributed by atoms with Gasteiger partial charge in [-0.25, -0.2) is 19.6 Å². The number of nitrogens with one attached hydrogen (secondary N) is 5. The summed E-state index contributed by atoms with van der Waals surface area (Å²) in [6.45, 7) is 8.05. The number of methoxy groups -OCH3 is 4. The first-order valence-corrected chi connectivity index (χ1v) is 21.3. The highest BCUT2D eigenvalue weighted by atomic mass is 16.6. The first-order chi connectivity index (χ1) is 30.5. The van der Waals surface area contributed by atoms with Gasteiger partial charge in [0.25, 0.3) is 0 Å². The van der Waals surface area contributed by atoms with Gasteiger partial charge in [0.2, 0.25) is 11.8 Å². The van der Waals surface area contributed by atoms with Gasteiger partial charge in [0.1, 0.15) is 30.9 Å². The molecule has 18 nitrogen and oxygen atoms in total. The molecule has 2 aromatic carbocycles. The Balaban J connectivity index is 1.34. The van der Waals surface area contributed by atoms with Crippen molar-refractivity contribution in [1.29, 1.82) is 0 Å². The number of imidazole rings is 2. The zero-order chi connectivity index (χ0) is 45.3. The summed E-state index contributed by atoms with van der Waals surface area (Å²) in [7, 11) is 5.76. The van der Waals surface area contributed by atoms with Crippen LogP contribution in [0.5, 0.6) is 11.5 Å². The molecule has 342 valence electrons. The molecule has 0 spiro atoms. The maximum Gasteiger partial charge on any atom is 0.407 e. The van der Waals surface area contributed by atoms with Gasteiger partial charge in [0.15, 0.2) is 11.5 Å². The van der Waals surface area contributed by atoms with Crippen LogP contribution in [0.15, 0.2) is 48.8 Å². The first kappa shape index (κ1) is 47.9. The van der Waals surface area contributed by atoms with E-state index in [0.717, 1.165) is 59.5 Å². The molecule has 5 rings (SSSR count). The minimum absolute atomic E-state index is 0.126. The van der Waals surface area contributed by atoms with E-state index in [-0.39, 0.29) is 49.5 Å². The zero-order valence-electron chi connectivity index (χ0n) is 37.3. The van der Waals surface area contributed by atoms with Crippen molar-refractivity contribution in [3.63, 3.8) is 0 Å². The number of alkyl carbamates (subject to hydrolysis) is 2. The van der Waals surface area contributed by atoms with E-state index in [4.69, 9.17) is 28.7 Å². The zero-order valence-corrected chi connectivity index (χ0v) is 37.3. The van der Waals surface area contributed by atoms with E-state index in [1.807, 2.05) is 56.4 Å². The molecule has 3 heterocycles. The number of carbonyl (C=O) groups is 4. The van der Waals surface area contributed by atoms with Gasteiger partial charge in [0, 0.05) is 44.4 Å². The van der Waals surface area contributed by atoms with Gasteiger partial charge in [0.05, 0.1) is 63.8 Å². The van der Waals surface area contributed by atoms with E-state index in [1.165, 1.54) is 14.2 Å². The second-order valence-corrected chi connectivity index (χ2v) is 15.6. The van der Waals surface area contributed by atoms with Gasteiger partial charge >= 0.3 is 12.2 Å². The number of rotatable bonds is 23. The van der Waals surface area contributed by atoms with Crippen LogP contribution in [0, 0.1) is 5.92 Å². The third kappa shape index (κ3) is 13.0. The molecule has 0 saturated carbocycles. The molecular weight excluding hydrogens is 813 g/mol. The number of amides is 4. The number of benzene rings is 2. The van der Waals surface area contributed by atoms with Crippen LogP contribution in [0.4, 0.5) is 9.59 Å². The molecule has 3 atom stereocenters. The molecule has 4 aromatic rings. The lowest BCUT2D eigenvalue weighted by atomic mass is 9.98. The Hall–Kier alpha value is -6.14. The molecule has 2 aromatic heterocycles. The molecule has 4 amide bonds. The van der Waals surface area contributed by atoms with Gasteiger partial charge in [-0.05, 0) is 54.9 Å². The van der Waals surface area contributed by atoms with Gasteiger partial charge in [-0.2, -0.15) is 0 Å². The fraction of sp³-hybridized carbons (Fsp3) is 0.511. The monoisotopic (exact) mass is 874 g/mol. The molecule has 1 saturated heterocycles. The Labute approximate surface area is 368 Å². The third-order valence-electron chi connectivity index (χ3n) is 10.8. The second-order valence-electron chi connectivity index (χ2n) is 15.6. The Morgan fingerprint density at radius 3 is 2.08 bits per heavy atom. The normalized spacial score (nSPS) is 14.5. The summed E-state index contributed by atoms with van der Waals surface area (Å²) in [6.07, 6.45) is 6.34. The molecule has 63 heavy (non-hydrogen) atoms. The largest absolute Gasteiger partial charge is 0.487 e. The number of aromatic amines is 2. The summed E-state index contributed by atoms with van der Waals surface area (Å²) in [6, 6.07) is 11.0. The molecule has 3 unspecified atom stereocenters. The number of unbranched alkanes of at least 4 members (excludes halogenated alkanes) is 1. The average Bonchev–Trinajstić information content (AvgIpc) is 4.10. The van der Waals surface area contributed by atoms with Crippen molar-refractivity contribution in [1.82, 2.24) is 40.8 Å². The molecular formula is C45H62N8O10. The molecule has 1 fully saturated rings. The topological polar surface area (TPSA) is 220 Å². The molecule has 0 aliphatic carbocycles. The molecule has 5 N–H and O–H groups in total. The van der Waals surface area contributed by atoms with Gasteiger partial charge in [-0.1, -0.05) is 51.5 Å². The van der Waals surface area contributed by atoms with E-state index in [9.17, 15) is 19.2 Å². The van der Waals surface area contributed by atoms with Crippen molar-refractivity contribution in [3.05, 3.63) is 60.4 Å². The molecule has 1 aliphatic heterocycles. The lowest BCUT2D eigenvalue weighted by Gasteiger charge is -2.30. The number of aromatic nitrogens is 4. The number of nitrogens with zero attached hydrogens (tertiary/aromatic N) is 3. The van der Waals surface area contributed by atoms with E-state index < -0.39 is 18.2 Å². The SMILES string of the molecule is COCCOc1c(-c2ccc(-c3cnc(C(C)CCCCNC(=O)CNC(=O)OC)[nH]3)cc2)ccc(-c2cnc(C3CCCN3C(=O)C(NC(=O)OC)C(C)C)[nH]2)c1OCCOC. The average molecular weight is 875 g/mol. The molecule has 0 radical (unpaired) electrons. The lowest BCUT2D eigenvalue weighted by molar-refractivity contribution is -0.135. The van der Waals surface area contributed by atoms with E-state index in [2.05, 4.69) is 42.6 Å². The van der Waals surface area contributed by atoms with Crippen LogP contribution < -0.4 is 25.4 Å². The van der Waals surface area contributed by atoms with Crippen molar-refractivity contribution < 1.29 is 47.6 Å². The Kier molecular flexibility index (Phi) is 18.2.